The minimum Gasteiger partial charge on any atom is -0.497 e. The van der Waals surface area contributed by atoms with E-state index in [0.717, 1.165) is 30.9 Å². The Hall–Kier alpha value is -3.92. The number of nitrogens with two attached hydrogens (primary N) is 1. The van der Waals surface area contributed by atoms with Crippen LogP contribution in [0.5, 0.6) is 5.75 Å². The average molecular weight is 492 g/mol. The molecule has 0 radical (unpaired) electrons. The van der Waals surface area contributed by atoms with E-state index in [1.54, 1.807) is 18.2 Å². The zero-order valence-corrected chi connectivity index (χ0v) is 20.3. The molecule has 3 aromatic rings. The summed E-state index contributed by atoms with van der Waals surface area (Å²) in [5.74, 6) is 1.04. The summed E-state index contributed by atoms with van der Waals surface area (Å²) in [4.78, 5) is 45.8. The first-order valence-corrected chi connectivity index (χ1v) is 12.0. The molecule has 0 saturated carbocycles. The Bertz CT molecular complexity index is 1340. The summed E-state index contributed by atoms with van der Waals surface area (Å²) < 4.78 is 11.2. The molecule has 2 aliphatic heterocycles. The summed E-state index contributed by atoms with van der Waals surface area (Å²) in [7, 11) is 1.53. The molecule has 1 unspecified atom stereocenters. The number of piperidine rings is 1. The maximum Gasteiger partial charge on any atom is 0.256 e. The van der Waals surface area contributed by atoms with Gasteiger partial charge in [-0.1, -0.05) is 13.0 Å². The van der Waals surface area contributed by atoms with Crippen molar-refractivity contribution < 1.29 is 23.5 Å². The summed E-state index contributed by atoms with van der Waals surface area (Å²) in [5.41, 5.74) is 7.11. The first kappa shape index (κ1) is 23.8. The van der Waals surface area contributed by atoms with E-state index in [-0.39, 0.29) is 31.2 Å². The maximum absolute atomic E-state index is 13.1. The van der Waals surface area contributed by atoms with Gasteiger partial charge in [0.25, 0.3) is 11.8 Å². The van der Waals surface area contributed by atoms with Gasteiger partial charge < -0.3 is 24.7 Å². The SMILES string of the molecule is COc1ccc2c(c1)C(=O)N(C[C@@](N)(C(=O)NC=O)c1cc3nc(N4CCCC(C)C4)ccc3o1)C2. The zero-order chi connectivity index (χ0) is 25.4. The van der Waals surface area contributed by atoms with Gasteiger partial charge in [0.05, 0.1) is 13.7 Å². The van der Waals surface area contributed by atoms with E-state index < -0.39 is 11.4 Å². The van der Waals surface area contributed by atoms with Crippen LogP contribution in [0.25, 0.3) is 11.1 Å². The van der Waals surface area contributed by atoms with Crippen molar-refractivity contribution in [1.82, 2.24) is 15.2 Å². The molecule has 10 heteroatoms. The quantitative estimate of drug-likeness (QED) is 0.481. The Morgan fingerprint density at radius 3 is 2.92 bits per heavy atom. The fourth-order valence-electron chi connectivity index (χ4n) is 5.05. The first-order valence-electron chi connectivity index (χ1n) is 12.0. The van der Waals surface area contributed by atoms with E-state index in [9.17, 15) is 14.4 Å². The molecule has 1 fully saturated rings. The van der Waals surface area contributed by atoms with Crippen molar-refractivity contribution in [3.8, 4) is 5.75 Å². The predicted octanol–water partition coefficient (Wildman–Crippen LogP) is 2.16. The molecule has 10 nitrogen and oxygen atoms in total. The number of hydrogen-bond donors (Lipinski definition) is 2. The minimum absolute atomic E-state index is 0.120. The van der Waals surface area contributed by atoms with Crippen molar-refractivity contribution in [2.45, 2.75) is 31.8 Å². The molecule has 0 aliphatic carbocycles. The summed E-state index contributed by atoms with van der Waals surface area (Å²) in [5, 5.41) is 2.13. The van der Waals surface area contributed by atoms with E-state index in [2.05, 4.69) is 17.1 Å². The Labute approximate surface area is 208 Å². The molecule has 1 aromatic carbocycles. The van der Waals surface area contributed by atoms with Crippen LogP contribution >= 0.6 is 0 Å². The molecule has 0 spiro atoms. The molecular weight excluding hydrogens is 462 g/mol. The predicted molar refractivity (Wildman–Crippen MR) is 132 cm³/mol. The number of pyridine rings is 1. The van der Waals surface area contributed by atoms with E-state index in [4.69, 9.17) is 19.9 Å². The molecule has 5 rings (SSSR count). The number of amides is 3. The number of nitrogens with zero attached hydrogens (tertiary/aromatic N) is 3. The number of furan rings is 1. The highest BCUT2D eigenvalue weighted by atomic mass is 16.5. The average Bonchev–Trinajstić information content (AvgIpc) is 3.44. The van der Waals surface area contributed by atoms with E-state index in [1.165, 1.54) is 18.4 Å². The lowest BCUT2D eigenvalue weighted by atomic mass is 9.95. The second kappa shape index (κ2) is 9.27. The molecule has 0 bridgehead atoms. The highest BCUT2D eigenvalue weighted by Gasteiger charge is 2.44. The molecule has 2 aromatic heterocycles. The first-order chi connectivity index (χ1) is 17.3. The Balaban J connectivity index is 1.47. The second-order valence-electron chi connectivity index (χ2n) is 9.60. The van der Waals surface area contributed by atoms with Crippen molar-refractivity contribution in [1.29, 1.82) is 0 Å². The highest BCUT2D eigenvalue weighted by Crippen LogP contribution is 2.33. The number of fused-ring (bicyclic) bond motifs is 2. The van der Waals surface area contributed by atoms with Gasteiger partial charge in [-0.15, -0.1) is 0 Å². The third-order valence-corrected chi connectivity index (χ3v) is 7.01. The molecule has 1 saturated heterocycles. The number of anilines is 1. The molecule has 2 atom stereocenters. The molecule has 2 aliphatic rings. The van der Waals surface area contributed by atoms with Crippen LogP contribution in [-0.2, 0) is 21.7 Å². The van der Waals surface area contributed by atoms with Crippen LogP contribution in [-0.4, -0.2) is 54.9 Å². The largest absolute Gasteiger partial charge is 0.497 e. The summed E-state index contributed by atoms with van der Waals surface area (Å²) >= 11 is 0. The standard InChI is InChI=1S/C26H29N5O5/c1-16-4-3-9-30(12-16)23-8-7-21-20(29-23)11-22(36-21)26(27,25(34)28-15-32)14-31-13-17-5-6-18(35-2)10-19(17)24(31)33/h5-8,10-11,15-16H,3-4,9,12-14,27H2,1-2H3,(H,28,32,34)/t16?,26-/m0/s1. The number of carbonyl (C=O) groups excluding carboxylic acids is 3. The monoisotopic (exact) mass is 491 g/mol. The zero-order valence-electron chi connectivity index (χ0n) is 20.3. The van der Waals surface area contributed by atoms with E-state index >= 15 is 0 Å². The van der Waals surface area contributed by atoms with Crippen LogP contribution in [0.3, 0.4) is 0 Å². The number of imide groups is 1. The third kappa shape index (κ3) is 4.17. The highest BCUT2D eigenvalue weighted by molar-refractivity contribution is 6.00. The number of rotatable bonds is 7. The Morgan fingerprint density at radius 1 is 1.33 bits per heavy atom. The minimum atomic E-state index is -1.82. The van der Waals surface area contributed by atoms with Gasteiger partial charge in [-0.2, -0.15) is 0 Å². The van der Waals surface area contributed by atoms with Crippen molar-refractivity contribution in [2.24, 2.45) is 11.7 Å². The molecule has 3 amide bonds. The van der Waals surface area contributed by atoms with Gasteiger partial charge in [0.15, 0.2) is 11.1 Å². The van der Waals surface area contributed by atoms with E-state index in [1.807, 2.05) is 18.2 Å². The number of methoxy groups -OCH3 is 1. The molecule has 188 valence electrons. The van der Waals surface area contributed by atoms with Gasteiger partial charge in [0.2, 0.25) is 6.41 Å². The van der Waals surface area contributed by atoms with Crippen molar-refractivity contribution in [3.63, 3.8) is 0 Å². The number of aromatic nitrogens is 1. The molecule has 36 heavy (non-hydrogen) atoms. The lowest BCUT2D eigenvalue weighted by molar-refractivity contribution is -0.130. The van der Waals surface area contributed by atoms with Crippen LogP contribution in [0.1, 0.15) is 41.4 Å². The second-order valence-corrected chi connectivity index (χ2v) is 9.60. The third-order valence-electron chi connectivity index (χ3n) is 7.01. The van der Waals surface area contributed by atoms with Crippen LogP contribution in [0.15, 0.2) is 40.8 Å². The number of nitrogens with one attached hydrogen (secondary N) is 1. The van der Waals surface area contributed by atoms with Crippen molar-refractivity contribution >= 4 is 35.1 Å². The fraction of sp³-hybridized carbons (Fsp3) is 0.385. The Morgan fingerprint density at radius 2 is 2.17 bits per heavy atom. The topological polar surface area (TPSA) is 131 Å². The van der Waals surface area contributed by atoms with Crippen LogP contribution in [0.2, 0.25) is 0 Å². The summed E-state index contributed by atoms with van der Waals surface area (Å²) in [6.07, 6.45) is 2.57. The van der Waals surface area contributed by atoms with Crippen LogP contribution in [0.4, 0.5) is 5.82 Å². The molecule has 4 heterocycles. The fourth-order valence-corrected chi connectivity index (χ4v) is 5.05. The van der Waals surface area contributed by atoms with Crippen molar-refractivity contribution in [2.75, 3.05) is 31.6 Å². The number of ether oxygens (including phenoxy) is 1. The van der Waals surface area contributed by atoms with Gasteiger partial charge in [0.1, 0.15) is 22.8 Å². The van der Waals surface area contributed by atoms with Gasteiger partial charge >= 0.3 is 0 Å². The maximum atomic E-state index is 13.1. The number of benzene rings is 1. The van der Waals surface area contributed by atoms with E-state index in [0.29, 0.717) is 28.3 Å². The molecular formula is C26H29N5O5. The normalized spacial score (nSPS) is 19.2. The van der Waals surface area contributed by atoms with Gasteiger partial charge in [0, 0.05) is 31.3 Å². The smallest absolute Gasteiger partial charge is 0.256 e. The van der Waals surface area contributed by atoms with Gasteiger partial charge in [-0.05, 0) is 48.6 Å². The van der Waals surface area contributed by atoms with Gasteiger partial charge in [-0.25, -0.2) is 4.98 Å². The summed E-state index contributed by atoms with van der Waals surface area (Å²) in [6, 6.07) is 10.6. The Kier molecular flexibility index (Phi) is 6.13. The number of hydrogen-bond acceptors (Lipinski definition) is 8. The van der Waals surface area contributed by atoms with Gasteiger partial charge in [-0.3, -0.25) is 19.7 Å². The van der Waals surface area contributed by atoms with Crippen LogP contribution < -0.4 is 20.7 Å². The lowest BCUT2D eigenvalue weighted by Crippen LogP contribution is -2.57. The van der Waals surface area contributed by atoms with Crippen LogP contribution in [0, 0.1) is 5.92 Å². The lowest BCUT2D eigenvalue weighted by Gasteiger charge is -2.31. The summed E-state index contributed by atoms with van der Waals surface area (Å²) in [6.45, 7) is 4.15. The molecule has 3 N–H and O–H groups in total. The van der Waals surface area contributed by atoms with Crippen molar-refractivity contribution in [3.05, 3.63) is 53.3 Å². The number of carbonyl (C=O) groups is 3.